The summed E-state index contributed by atoms with van der Waals surface area (Å²) in [7, 11) is 0. The predicted octanol–water partition coefficient (Wildman–Crippen LogP) is 2.35. The van der Waals surface area contributed by atoms with Crippen LogP contribution >= 0.6 is 0 Å². The van der Waals surface area contributed by atoms with Gasteiger partial charge in [0.2, 0.25) is 0 Å². The van der Waals surface area contributed by atoms with Crippen molar-refractivity contribution >= 4 is 34.8 Å². The number of nitrogens with one attached hydrogen (secondary N) is 2. The molecule has 0 aliphatic heterocycles. The highest BCUT2D eigenvalue weighted by molar-refractivity contribution is 6.44. The summed E-state index contributed by atoms with van der Waals surface area (Å²) in [5.41, 5.74) is 0.0879. The van der Waals surface area contributed by atoms with Crippen LogP contribution in [0.4, 0.5) is 17.1 Å². The zero-order valence-corrected chi connectivity index (χ0v) is 13.7. The number of nitro groups is 1. The van der Waals surface area contributed by atoms with Gasteiger partial charge in [0, 0.05) is 17.8 Å². The van der Waals surface area contributed by atoms with Gasteiger partial charge < -0.3 is 15.4 Å². The normalized spacial score (nSPS) is 9.88. The van der Waals surface area contributed by atoms with E-state index in [1.54, 1.807) is 19.1 Å². The molecular weight excluding hydrogens is 342 g/mol. The number of ether oxygens (including phenoxy) is 1. The number of carbonyl (C=O) groups is 3. The Morgan fingerprint density at radius 1 is 1.04 bits per heavy atom. The van der Waals surface area contributed by atoms with Gasteiger partial charge in [0.05, 0.1) is 22.8 Å². The largest absolute Gasteiger partial charge is 0.462 e. The quantitative estimate of drug-likeness (QED) is 0.366. The van der Waals surface area contributed by atoms with Crippen molar-refractivity contribution in [3.63, 3.8) is 0 Å². The average Bonchev–Trinajstić information content (AvgIpc) is 2.62. The van der Waals surface area contributed by atoms with Crippen LogP contribution in [0.2, 0.25) is 0 Å². The van der Waals surface area contributed by atoms with Gasteiger partial charge in [-0.25, -0.2) is 4.79 Å². The number of para-hydroxylation sites is 1. The van der Waals surface area contributed by atoms with E-state index in [1.165, 1.54) is 30.3 Å². The summed E-state index contributed by atoms with van der Waals surface area (Å²) in [6.45, 7) is 1.81. The number of carbonyl (C=O) groups excluding carboxylic acids is 3. The van der Waals surface area contributed by atoms with E-state index in [9.17, 15) is 24.5 Å². The molecule has 0 unspecified atom stereocenters. The summed E-state index contributed by atoms with van der Waals surface area (Å²) < 4.78 is 4.89. The second kappa shape index (κ2) is 8.38. The first-order chi connectivity index (χ1) is 12.4. The molecule has 2 N–H and O–H groups in total. The standard InChI is InChI=1S/C17H15N3O6/c1-2-26-17(23)13-8-3-4-9-14(13)19-16(22)15(21)18-11-6-5-7-12(10-11)20(24)25/h3-10H,2H2,1H3,(H,18,21)(H,19,22). The fourth-order valence-electron chi connectivity index (χ4n) is 2.04. The molecule has 0 saturated heterocycles. The molecule has 0 bridgehead atoms. The van der Waals surface area contributed by atoms with E-state index in [-0.39, 0.29) is 29.2 Å². The third-order valence-electron chi connectivity index (χ3n) is 3.19. The van der Waals surface area contributed by atoms with Crippen LogP contribution in [0.15, 0.2) is 48.5 Å². The van der Waals surface area contributed by atoms with Crippen molar-refractivity contribution in [2.45, 2.75) is 6.92 Å². The van der Waals surface area contributed by atoms with E-state index >= 15 is 0 Å². The van der Waals surface area contributed by atoms with Gasteiger partial charge in [-0.3, -0.25) is 19.7 Å². The SMILES string of the molecule is CCOC(=O)c1ccccc1NC(=O)C(=O)Nc1cccc([N+](=O)[O-])c1. The highest BCUT2D eigenvalue weighted by Gasteiger charge is 2.19. The molecule has 0 aliphatic carbocycles. The number of hydrogen-bond acceptors (Lipinski definition) is 6. The highest BCUT2D eigenvalue weighted by atomic mass is 16.6. The number of benzene rings is 2. The van der Waals surface area contributed by atoms with E-state index in [1.807, 2.05) is 0 Å². The molecule has 0 radical (unpaired) electrons. The van der Waals surface area contributed by atoms with Crippen molar-refractivity contribution in [2.75, 3.05) is 17.2 Å². The molecule has 0 spiro atoms. The third-order valence-corrected chi connectivity index (χ3v) is 3.19. The van der Waals surface area contributed by atoms with Gasteiger partial charge in [0.15, 0.2) is 0 Å². The fourth-order valence-corrected chi connectivity index (χ4v) is 2.04. The summed E-state index contributed by atoms with van der Waals surface area (Å²) in [5.74, 6) is -2.71. The van der Waals surface area contributed by atoms with Gasteiger partial charge in [-0.15, -0.1) is 0 Å². The second-order valence-corrected chi connectivity index (χ2v) is 4.98. The molecule has 0 aliphatic rings. The van der Waals surface area contributed by atoms with Crippen molar-refractivity contribution in [1.29, 1.82) is 0 Å². The second-order valence-electron chi connectivity index (χ2n) is 4.98. The minimum atomic E-state index is -1.04. The summed E-state index contributed by atoms with van der Waals surface area (Å²) >= 11 is 0. The number of non-ortho nitro benzene ring substituents is 1. The molecule has 2 aromatic carbocycles. The maximum absolute atomic E-state index is 12.1. The third kappa shape index (κ3) is 4.63. The first kappa shape index (κ1) is 18.6. The summed E-state index contributed by atoms with van der Waals surface area (Å²) in [6, 6.07) is 11.2. The van der Waals surface area contributed by atoms with E-state index in [2.05, 4.69) is 10.6 Å². The molecule has 2 aromatic rings. The lowest BCUT2D eigenvalue weighted by molar-refractivity contribution is -0.384. The van der Waals surface area contributed by atoms with Crippen LogP contribution in [0.3, 0.4) is 0 Å². The number of esters is 1. The predicted molar refractivity (Wildman–Crippen MR) is 92.8 cm³/mol. The number of anilines is 2. The lowest BCUT2D eigenvalue weighted by Gasteiger charge is -2.10. The number of amides is 2. The van der Waals surface area contributed by atoms with Crippen LogP contribution in [-0.2, 0) is 14.3 Å². The molecule has 134 valence electrons. The van der Waals surface area contributed by atoms with Gasteiger partial charge in [-0.2, -0.15) is 0 Å². The minimum Gasteiger partial charge on any atom is -0.462 e. The van der Waals surface area contributed by atoms with Crippen LogP contribution < -0.4 is 10.6 Å². The van der Waals surface area contributed by atoms with Crippen molar-refractivity contribution in [1.82, 2.24) is 0 Å². The Bertz CT molecular complexity index is 865. The first-order valence-corrected chi connectivity index (χ1v) is 7.55. The van der Waals surface area contributed by atoms with Crippen molar-refractivity contribution in [3.8, 4) is 0 Å². The Hall–Kier alpha value is -3.75. The molecule has 0 atom stereocenters. The number of nitro benzene ring substituents is 1. The summed E-state index contributed by atoms with van der Waals surface area (Å²) in [4.78, 5) is 46.0. The van der Waals surface area contributed by atoms with Gasteiger partial charge in [0.1, 0.15) is 0 Å². The Morgan fingerprint density at radius 2 is 1.73 bits per heavy atom. The number of nitrogens with zero attached hydrogens (tertiary/aromatic N) is 1. The van der Waals surface area contributed by atoms with Crippen LogP contribution in [0.25, 0.3) is 0 Å². The fraction of sp³-hybridized carbons (Fsp3) is 0.118. The molecule has 0 saturated carbocycles. The van der Waals surface area contributed by atoms with Gasteiger partial charge in [-0.1, -0.05) is 18.2 Å². The van der Waals surface area contributed by atoms with Crippen LogP contribution in [-0.4, -0.2) is 29.3 Å². The van der Waals surface area contributed by atoms with E-state index < -0.39 is 22.7 Å². The maximum Gasteiger partial charge on any atom is 0.340 e. The molecule has 2 amide bonds. The molecule has 26 heavy (non-hydrogen) atoms. The Kier molecular flexibility index (Phi) is 5.99. The Balaban J connectivity index is 2.11. The van der Waals surface area contributed by atoms with Crippen LogP contribution in [0, 0.1) is 10.1 Å². The first-order valence-electron chi connectivity index (χ1n) is 7.55. The zero-order valence-electron chi connectivity index (χ0n) is 13.7. The minimum absolute atomic E-state index is 0.0954. The lowest BCUT2D eigenvalue weighted by atomic mass is 10.2. The molecule has 0 heterocycles. The van der Waals surface area contributed by atoms with E-state index in [4.69, 9.17) is 4.74 Å². The summed E-state index contributed by atoms with van der Waals surface area (Å²) in [6.07, 6.45) is 0. The highest BCUT2D eigenvalue weighted by Crippen LogP contribution is 2.18. The monoisotopic (exact) mass is 357 g/mol. The van der Waals surface area contributed by atoms with Gasteiger partial charge in [0.25, 0.3) is 5.69 Å². The Morgan fingerprint density at radius 3 is 2.42 bits per heavy atom. The van der Waals surface area contributed by atoms with Crippen molar-refractivity contribution < 1.29 is 24.0 Å². The topological polar surface area (TPSA) is 128 Å². The van der Waals surface area contributed by atoms with E-state index in [0.29, 0.717) is 0 Å². The molecule has 0 aromatic heterocycles. The molecule has 2 rings (SSSR count). The van der Waals surface area contributed by atoms with Crippen LogP contribution in [0.1, 0.15) is 17.3 Å². The zero-order chi connectivity index (χ0) is 19.1. The van der Waals surface area contributed by atoms with Gasteiger partial charge in [-0.05, 0) is 25.1 Å². The summed E-state index contributed by atoms with van der Waals surface area (Å²) in [5, 5.41) is 15.3. The molecular formula is C17H15N3O6. The van der Waals surface area contributed by atoms with Gasteiger partial charge >= 0.3 is 17.8 Å². The number of rotatable bonds is 5. The van der Waals surface area contributed by atoms with Crippen molar-refractivity contribution in [3.05, 3.63) is 64.2 Å². The van der Waals surface area contributed by atoms with Crippen molar-refractivity contribution in [2.24, 2.45) is 0 Å². The molecule has 9 heteroatoms. The van der Waals surface area contributed by atoms with Crippen LogP contribution in [0.5, 0.6) is 0 Å². The number of hydrogen-bond donors (Lipinski definition) is 2. The molecule has 0 fully saturated rings. The smallest absolute Gasteiger partial charge is 0.340 e. The average molecular weight is 357 g/mol. The van der Waals surface area contributed by atoms with E-state index in [0.717, 1.165) is 6.07 Å². The Labute approximate surface area is 148 Å². The molecule has 9 nitrogen and oxygen atoms in total. The maximum atomic E-state index is 12.1. The lowest BCUT2D eigenvalue weighted by Crippen LogP contribution is -2.29.